The summed E-state index contributed by atoms with van der Waals surface area (Å²) in [6, 6.07) is 17.6. The van der Waals surface area contributed by atoms with Crippen LogP contribution in [0.4, 0.5) is 0 Å². The minimum absolute atomic E-state index is 0.770. The molecule has 0 unspecified atom stereocenters. The molecule has 0 fully saturated rings. The number of allylic oxidation sites excluding steroid dienone is 1. The molecule has 0 saturated carbocycles. The predicted molar refractivity (Wildman–Crippen MR) is 73.7 cm³/mol. The third-order valence-electron chi connectivity index (χ3n) is 2.59. The molecule has 2 heteroatoms. The zero-order valence-corrected chi connectivity index (χ0v) is 10.6. The second-order valence-electron chi connectivity index (χ2n) is 3.80. The molecule has 2 aromatic carbocycles. The number of methoxy groups -OCH3 is 1. The molecule has 92 valence electrons. The van der Waals surface area contributed by atoms with Crippen molar-refractivity contribution >= 4 is 5.76 Å². The van der Waals surface area contributed by atoms with E-state index in [4.69, 9.17) is 9.47 Å². The summed E-state index contributed by atoms with van der Waals surface area (Å²) in [5, 5.41) is 0. The minimum atomic E-state index is 0.770. The van der Waals surface area contributed by atoms with Crippen LogP contribution >= 0.6 is 0 Å². The molecule has 0 N–H and O–H groups in total. The van der Waals surface area contributed by atoms with Crippen molar-refractivity contribution in [3.8, 4) is 11.5 Å². The third-order valence-corrected chi connectivity index (χ3v) is 2.59. The standard InChI is InChI=1S/C16H16O2/c1-3-16(13-8-5-4-6-9-13)18-15-11-7-10-14(12-15)17-2/h3-12H,1-2H3. The molecule has 2 rings (SSSR count). The molecule has 0 aliphatic heterocycles. The summed E-state index contributed by atoms with van der Waals surface area (Å²) in [4.78, 5) is 0. The van der Waals surface area contributed by atoms with Gasteiger partial charge in [-0.3, -0.25) is 0 Å². The first kappa shape index (κ1) is 12.2. The highest BCUT2D eigenvalue weighted by Crippen LogP contribution is 2.24. The van der Waals surface area contributed by atoms with E-state index in [1.807, 2.05) is 67.6 Å². The molecule has 2 nitrogen and oxygen atoms in total. The Hall–Kier alpha value is -2.22. The molecule has 0 radical (unpaired) electrons. The average molecular weight is 240 g/mol. The van der Waals surface area contributed by atoms with E-state index in [0.29, 0.717) is 0 Å². The maximum absolute atomic E-state index is 5.87. The van der Waals surface area contributed by atoms with Crippen LogP contribution < -0.4 is 9.47 Å². The molecule has 0 atom stereocenters. The predicted octanol–water partition coefficient (Wildman–Crippen LogP) is 4.14. The number of hydrogen-bond donors (Lipinski definition) is 0. The lowest BCUT2D eigenvalue weighted by Gasteiger charge is -2.10. The zero-order valence-electron chi connectivity index (χ0n) is 10.6. The van der Waals surface area contributed by atoms with Crippen molar-refractivity contribution in [1.82, 2.24) is 0 Å². The van der Waals surface area contributed by atoms with E-state index in [9.17, 15) is 0 Å². The molecule has 0 heterocycles. The van der Waals surface area contributed by atoms with Crippen molar-refractivity contribution in [2.75, 3.05) is 7.11 Å². The van der Waals surface area contributed by atoms with Crippen LogP contribution in [-0.4, -0.2) is 7.11 Å². The highest BCUT2D eigenvalue weighted by Gasteiger charge is 2.03. The Morgan fingerprint density at radius 2 is 1.67 bits per heavy atom. The highest BCUT2D eigenvalue weighted by molar-refractivity contribution is 5.61. The number of ether oxygens (including phenoxy) is 2. The number of rotatable bonds is 4. The van der Waals surface area contributed by atoms with Gasteiger partial charge in [0.25, 0.3) is 0 Å². The summed E-state index contributed by atoms with van der Waals surface area (Å²) in [7, 11) is 1.65. The van der Waals surface area contributed by atoms with Gasteiger partial charge in [0.1, 0.15) is 17.3 Å². The van der Waals surface area contributed by atoms with E-state index < -0.39 is 0 Å². The lowest BCUT2D eigenvalue weighted by atomic mass is 10.2. The van der Waals surface area contributed by atoms with E-state index in [0.717, 1.165) is 22.8 Å². The average Bonchev–Trinajstić information content (AvgIpc) is 2.46. The van der Waals surface area contributed by atoms with E-state index >= 15 is 0 Å². The molecule has 0 aromatic heterocycles. The maximum Gasteiger partial charge on any atom is 0.131 e. The van der Waals surface area contributed by atoms with Crippen LogP contribution in [0.5, 0.6) is 11.5 Å². The first-order chi connectivity index (χ1) is 8.83. The van der Waals surface area contributed by atoms with Crippen LogP contribution in [0.1, 0.15) is 12.5 Å². The Morgan fingerprint density at radius 1 is 0.944 bits per heavy atom. The van der Waals surface area contributed by atoms with Gasteiger partial charge in [0.15, 0.2) is 0 Å². The lowest BCUT2D eigenvalue weighted by Crippen LogP contribution is -1.94. The van der Waals surface area contributed by atoms with Crippen LogP contribution in [0, 0.1) is 0 Å². The second-order valence-corrected chi connectivity index (χ2v) is 3.80. The Morgan fingerprint density at radius 3 is 2.33 bits per heavy atom. The van der Waals surface area contributed by atoms with Gasteiger partial charge >= 0.3 is 0 Å². The van der Waals surface area contributed by atoms with Crippen molar-refractivity contribution < 1.29 is 9.47 Å². The Bertz CT molecular complexity index is 530. The van der Waals surface area contributed by atoms with Crippen LogP contribution in [0.2, 0.25) is 0 Å². The quantitative estimate of drug-likeness (QED) is 0.748. The second kappa shape index (κ2) is 5.92. The SMILES string of the molecule is CC=C(Oc1cccc(OC)c1)c1ccccc1. The van der Waals surface area contributed by atoms with Crippen LogP contribution in [-0.2, 0) is 0 Å². The van der Waals surface area contributed by atoms with Gasteiger partial charge in [-0.15, -0.1) is 0 Å². The van der Waals surface area contributed by atoms with Crippen molar-refractivity contribution in [2.45, 2.75) is 6.92 Å². The first-order valence-corrected chi connectivity index (χ1v) is 5.87. The molecule has 0 amide bonds. The van der Waals surface area contributed by atoms with Crippen molar-refractivity contribution in [3.63, 3.8) is 0 Å². The fraction of sp³-hybridized carbons (Fsp3) is 0.125. The van der Waals surface area contributed by atoms with Gasteiger partial charge in [0, 0.05) is 11.6 Å². The number of benzene rings is 2. The Labute approximate surface area is 107 Å². The normalized spacial score (nSPS) is 11.1. The largest absolute Gasteiger partial charge is 0.497 e. The highest BCUT2D eigenvalue weighted by atomic mass is 16.5. The molecular formula is C16H16O2. The van der Waals surface area contributed by atoms with E-state index in [2.05, 4.69) is 0 Å². The molecule has 0 aliphatic rings. The van der Waals surface area contributed by atoms with E-state index in [1.54, 1.807) is 7.11 Å². The summed E-state index contributed by atoms with van der Waals surface area (Å²) < 4.78 is 11.0. The zero-order chi connectivity index (χ0) is 12.8. The van der Waals surface area contributed by atoms with Crippen LogP contribution in [0.3, 0.4) is 0 Å². The summed E-state index contributed by atoms with van der Waals surface area (Å²) in [5.41, 5.74) is 1.06. The Kier molecular flexibility index (Phi) is 4.02. The first-order valence-electron chi connectivity index (χ1n) is 5.87. The van der Waals surface area contributed by atoms with Gasteiger partial charge in [-0.2, -0.15) is 0 Å². The molecule has 18 heavy (non-hydrogen) atoms. The van der Waals surface area contributed by atoms with E-state index in [1.165, 1.54) is 0 Å². The van der Waals surface area contributed by atoms with Crippen molar-refractivity contribution in [1.29, 1.82) is 0 Å². The molecule has 0 spiro atoms. The molecule has 0 bridgehead atoms. The van der Waals surface area contributed by atoms with Crippen molar-refractivity contribution in [3.05, 3.63) is 66.2 Å². The van der Waals surface area contributed by atoms with Crippen LogP contribution in [0.15, 0.2) is 60.7 Å². The minimum Gasteiger partial charge on any atom is -0.497 e. The van der Waals surface area contributed by atoms with Crippen molar-refractivity contribution in [2.24, 2.45) is 0 Å². The Balaban J connectivity index is 2.21. The monoisotopic (exact) mass is 240 g/mol. The molecule has 0 aliphatic carbocycles. The smallest absolute Gasteiger partial charge is 0.131 e. The summed E-state index contributed by atoms with van der Waals surface area (Å²) in [6.07, 6.45) is 1.95. The summed E-state index contributed by atoms with van der Waals surface area (Å²) in [6.45, 7) is 1.96. The third kappa shape index (κ3) is 2.92. The van der Waals surface area contributed by atoms with Crippen LogP contribution in [0.25, 0.3) is 5.76 Å². The molecule has 0 saturated heterocycles. The van der Waals surface area contributed by atoms with Gasteiger partial charge in [-0.05, 0) is 25.1 Å². The topological polar surface area (TPSA) is 18.5 Å². The van der Waals surface area contributed by atoms with Gasteiger partial charge in [0.2, 0.25) is 0 Å². The van der Waals surface area contributed by atoms with E-state index in [-0.39, 0.29) is 0 Å². The molecule has 2 aromatic rings. The van der Waals surface area contributed by atoms with Gasteiger partial charge < -0.3 is 9.47 Å². The fourth-order valence-electron chi connectivity index (χ4n) is 1.68. The maximum atomic E-state index is 5.87. The van der Waals surface area contributed by atoms with Gasteiger partial charge in [-0.1, -0.05) is 36.4 Å². The summed E-state index contributed by atoms with van der Waals surface area (Å²) >= 11 is 0. The summed E-state index contributed by atoms with van der Waals surface area (Å²) in [5.74, 6) is 2.39. The molecular weight excluding hydrogens is 224 g/mol. The van der Waals surface area contributed by atoms with Gasteiger partial charge in [0.05, 0.1) is 7.11 Å². The fourth-order valence-corrected chi connectivity index (χ4v) is 1.68. The number of hydrogen-bond acceptors (Lipinski definition) is 2. The lowest BCUT2D eigenvalue weighted by molar-refractivity contribution is 0.410. The van der Waals surface area contributed by atoms with Gasteiger partial charge in [-0.25, -0.2) is 0 Å².